The summed E-state index contributed by atoms with van der Waals surface area (Å²) < 4.78 is 0. The van der Waals surface area contributed by atoms with E-state index in [-0.39, 0.29) is 23.0 Å². The van der Waals surface area contributed by atoms with Gasteiger partial charge in [-0.1, -0.05) is 26.0 Å². The standard InChI is InChI=1S/C22H30O4/c1-20-9-5-15(23)13-14(20)3-4-16-17(20)6-10-21(2)18(16)7-11-22(21,26)12-8-19(24)25/h3-4,13,16-18,26H,5-12H2,1-2H3,(H,24,25)/t16-,17-,18+,20-,21-,22+/m0/s1. The molecule has 4 nitrogen and oxygen atoms in total. The van der Waals surface area contributed by atoms with Crippen LogP contribution < -0.4 is 0 Å². The highest BCUT2D eigenvalue weighted by Crippen LogP contribution is 2.66. The molecule has 0 radical (unpaired) electrons. The molecule has 0 amide bonds. The largest absolute Gasteiger partial charge is 0.481 e. The molecule has 0 aromatic rings. The highest BCUT2D eigenvalue weighted by Gasteiger charge is 2.62. The van der Waals surface area contributed by atoms with Crippen molar-refractivity contribution in [2.75, 3.05) is 0 Å². The summed E-state index contributed by atoms with van der Waals surface area (Å²) >= 11 is 0. The molecule has 4 aliphatic carbocycles. The second-order valence-electron chi connectivity index (χ2n) is 9.55. The number of aliphatic carboxylic acids is 1. The maximum absolute atomic E-state index is 11.9. The maximum Gasteiger partial charge on any atom is 0.303 e. The Morgan fingerprint density at radius 1 is 1.19 bits per heavy atom. The first-order chi connectivity index (χ1) is 12.2. The van der Waals surface area contributed by atoms with Crippen molar-refractivity contribution in [1.82, 2.24) is 0 Å². The summed E-state index contributed by atoms with van der Waals surface area (Å²) in [5.41, 5.74) is 0.179. The van der Waals surface area contributed by atoms with E-state index in [1.54, 1.807) is 0 Å². The Morgan fingerprint density at radius 2 is 1.92 bits per heavy atom. The molecule has 0 bridgehead atoms. The number of aliphatic hydroxyl groups is 1. The van der Waals surface area contributed by atoms with Crippen LogP contribution in [0.4, 0.5) is 0 Å². The molecule has 6 atom stereocenters. The molecule has 0 unspecified atom stereocenters. The van der Waals surface area contributed by atoms with Gasteiger partial charge < -0.3 is 10.2 Å². The molecule has 142 valence electrons. The van der Waals surface area contributed by atoms with Crippen LogP contribution >= 0.6 is 0 Å². The molecule has 26 heavy (non-hydrogen) atoms. The van der Waals surface area contributed by atoms with Crippen LogP contribution in [0.15, 0.2) is 23.8 Å². The van der Waals surface area contributed by atoms with Gasteiger partial charge in [-0.2, -0.15) is 0 Å². The summed E-state index contributed by atoms with van der Waals surface area (Å²) in [6, 6.07) is 0. The summed E-state index contributed by atoms with van der Waals surface area (Å²) in [6.45, 7) is 4.51. The molecule has 2 fully saturated rings. The monoisotopic (exact) mass is 358 g/mol. The molecule has 4 rings (SSSR count). The van der Waals surface area contributed by atoms with E-state index in [4.69, 9.17) is 5.11 Å². The van der Waals surface area contributed by atoms with Crippen molar-refractivity contribution in [2.24, 2.45) is 28.6 Å². The lowest BCUT2D eigenvalue weighted by Gasteiger charge is -2.57. The number of rotatable bonds is 3. The second kappa shape index (κ2) is 5.79. The van der Waals surface area contributed by atoms with E-state index < -0.39 is 11.6 Å². The number of carbonyl (C=O) groups is 2. The number of carboxylic acid groups (broad SMARTS) is 1. The molecular formula is C22H30O4. The topological polar surface area (TPSA) is 74.6 Å². The van der Waals surface area contributed by atoms with E-state index in [0.717, 1.165) is 25.7 Å². The van der Waals surface area contributed by atoms with Crippen molar-refractivity contribution >= 4 is 11.8 Å². The quantitative estimate of drug-likeness (QED) is 0.802. The molecule has 0 saturated heterocycles. The van der Waals surface area contributed by atoms with Crippen molar-refractivity contribution in [3.05, 3.63) is 23.8 Å². The predicted octanol–water partition coefficient (Wildman–Crippen LogP) is 3.89. The number of carbonyl (C=O) groups excluding carboxylic acids is 1. The van der Waals surface area contributed by atoms with Gasteiger partial charge in [0.2, 0.25) is 0 Å². The lowest BCUT2D eigenvalue weighted by molar-refractivity contribution is -0.144. The molecule has 0 aliphatic heterocycles. The first kappa shape index (κ1) is 18.0. The van der Waals surface area contributed by atoms with Gasteiger partial charge in [0.15, 0.2) is 5.78 Å². The lowest BCUT2D eigenvalue weighted by Crippen LogP contribution is -2.53. The zero-order chi connectivity index (χ0) is 18.7. The van der Waals surface area contributed by atoms with Gasteiger partial charge in [0.25, 0.3) is 0 Å². The van der Waals surface area contributed by atoms with Crippen LogP contribution in [0.1, 0.15) is 65.2 Å². The number of carboxylic acids is 1. The van der Waals surface area contributed by atoms with E-state index in [1.165, 1.54) is 5.57 Å². The molecule has 0 heterocycles. The minimum Gasteiger partial charge on any atom is -0.481 e. The Bertz CT molecular complexity index is 707. The van der Waals surface area contributed by atoms with Gasteiger partial charge >= 0.3 is 5.97 Å². The van der Waals surface area contributed by atoms with Gasteiger partial charge in [-0.25, -0.2) is 0 Å². The highest BCUT2D eigenvalue weighted by molar-refractivity contribution is 5.92. The van der Waals surface area contributed by atoms with Crippen LogP contribution in [-0.4, -0.2) is 27.6 Å². The van der Waals surface area contributed by atoms with E-state index in [1.807, 2.05) is 6.08 Å². The van der Waals surface area contributed by atoms with Gasteiger partial charge in [0.05, 0.1) is 5.60 Å². The van der Waals surface area contributed by atoms with Gasteiger partial charge in [0.1, 0.15) is 0 Å². The molecule has 0 spiro atoms. The number of fused-ring (bicyclic) bond motifs is 5. The molecule has 0 aromatic carbocycles. The number of allylic oxidation sites excluding steroid dienone is 4. The van der Waals surface area contributed by atoms with Crippen molar-refractivity contribution in [3.8, 4) is 0 Å². The maximum atomic E-state index is 11.9. The van der Waals surface area contributed by atoms with Gasteiger partial charge in [-0.15, -0.1) is 0 Å². The van der Waals surface area contributed by atoms with Crippen LogP contribution in [-0.2, 0) is 9.59 Å². The molecular weight excluding hydrogens is 328 g/mol. The molecule has 4 aliphatic rings. The van der Waals surface area contributed by atoms with Crippen LogP contribution in [0.2, 0.25) is 0 Å². The first-order valence-corrected chi connectivity index (χ1v) is 10.1. The lowest BCUT2D eigenvalue weighted by atomic mass is 9.48. The molecule has 0 aromatic heterocycles. The third-order valence-corrected chi connectivity index (χ3v) is 8.59. The third kappa shape index (κ3) is 2.37. The fourth-order valence-electron chi connectivity index (χ4n) is 6.83. The summed E-state index contributed by atoms with van der Waals surface area (Å²) in [7, 11) is 0. The smallest absolute Gasteiger partial charge is 0.303 e. The van der Waals surface area contributed by atoms with Crippen molar-refractivity contribution < 1.29 is 19.8 Å². The van der Waals surface area contributed by atoms with Crippen LogP contribution in [0, 0.1) is 28.6 Å². The van der Waals surface area contributed by atoms with Crippen molar-refractivity contribution in [2.45, 2.75) is 70.8 Å². The summed E-state index contributed by atoms with van der Waals surface area (Å²) in [5, 5.41) is 20.5. The number of hydrogen-bond donors (Lipinski definition) is 2. The van der Waals surface area contributed by atoms with Gasteiger partial charge in [-0.3, -0.25) is 9.59 Å². The Hall–Kier alpha value is -1.42. The number of hydrogen-bond acceptors (Lipinski definition) is 3. The van der Waals surface area contributed by atoms with E-state index >= 15 is 0 Å². The fraction of sp³-hybridized carbons (Fsp3) is 0.727. The molecule has 2 saturated carbocycles. The summed E-state index contributed by atoms with van der Waals surface area (Å²) in [5.74, 6) is 0.748. The minimum absolute atomic E-state index is 0.0372. The van der Waals surface area contributed by atoms with E-state index in [0.29, 0.717) is 37.0 Å². The number of ketones is 1. The third-order valence-electron chi connectivity index (χ3n) is 8.59. The van der Waals surface area contributed by atoms with Crippen LogP contribution in [0.25, 0.3) is 0 Å². The SMILES string of the molecule is C[C@]12CCC(=O)C=C1C=C[C@@H]1[C@H]3CC[C@@](O)(CCC(=O)O)[C@@]3(C)CC[C@@H]12. The average molecular weight is 358 g/mol. The Morgan fingerprint density at radius 3 is 2.65 bits per heavy atom. The van der Waals surface area contributed by atoms with Gasteiger partial charge in [0, 0.05) is 12.8 Å². The van der Waals surface area contributed by atoms with Gasteiger partial charge in [-0.05, 0) is 78.8 Å². The Kier molecular flexibility index (Phi) is 4.00. The zero-order valence-corrected chi connectivity index (χ0v) is 15.8. The van der Waals surface area contributed by atoms with Crippen molar-refractivity contribution in [1.29, 1.82) is 0 Å². The highest BCUT2D eigenvalue weighted by atomic mass is 16.4. The average Bonchev–Trinajstić information content (AvgIpc) is 2.86. The van der Waals surface area contributed by atoms with Crippen molar-refractivity contribution in [3.63, 3.8) is 0 Å². The fourth-order valence-corrected chi connectivity index (χ4v) is 6.83. The normalized spacial score (nSPS) is 47.0. The van der Waals surface area contributed by atoms with E-state index in [9.17, 15) is 14.7 Å². The minimum atomic E-state index is -0.867. The first-order valence-electron chi connectivity index (χ1n) is 10.1. The zero-order valence-electron chi connectivity index (χ0n) is 15.8. The van der Waals surface area contributed by atoms with Crippen LogP contribution in [0.5, 0.6) is 0 Å². The second-order valence-corrected chi connectivity index (χ2v) is 9.55. The molecule has 4 heteroatoms. The van der Waals surface area contributed by atoms with Crippen LogP contribution in [0.3, 0.4) is 0 Å². The predicted molar refractivity (Wildman–Crippen MR) is 98.4 cm³/mol. The van der Waals surface area contributed by atoms with E-state index in [2.05, 4.69) is 26.0 Å². The summed E-state index contributed by atoms with van der Waals surface area (Å²) in [6.07, 6.45) is 11.9. The Balaban J connectivity index is 1.66. The Labute approximate surface area is 155 Å². The molecule has 2 N–H and O–H groups in total. The summed E-state index contributed by atoms with van der Waals surface area (Å²) in [4.78, 5) is 22.9.